The van der Waals surface area contributed by atoms with Crippen molar-refractivity contribution in [1.82, 2.24) is 4.90 Å². The van der Waals surface area contributed by atoms with Gasteiger partial charge in [0, 0.05) is 11.6 Å². The van der Waals surface area contributed by atoms with E-state index in [1.165, 1.54) is 0 Å². The number of hydrogen-bond acceptors (Lipinski definition) is 4. The second-order valence-electron chi connectivity index (χ2n) is 3.89. The van der Waals surface area contributed by atoms with Gasteiger partial charge in [-0.3, -0.25) is 4.90 Å². The van der Waals surface area contributed by atoms with Crippen molar-refractivity contribution >= 4 is 23.2 Å². The lowest BCUT2D eigenvalue weighted by molar-refractivity contribution is 0.0799. The molecule has 0 aromatic heterocycles. The number of nitrogens with zero attached hydrogens (tertiary/aromatic N) is 2. The number of benzene rings is 1. The van der Waals surface area contributed by atoms with Gasteiger partial charge in [0.2, 0.25) is 0 Å². The first-order valence-corrected chi connectivity index (χ1v) is 6.10. The normalized spacial score (nSPS) is 12.2. The monoisotopic (exact) mass is 288 g/mol. The zero-order valence-corrected chi connectivity index (χ0v) is 11.4. The number of halogens is 2. The van der Waals surface area contributed by atoms with Gasteiger partial charge in [-0.15, -0.1) is 0 Å². The summed E-state index contributed by atoms with van der Waals surface area (Å²) in [5.74, 6) is 0.475. The second kappa shape index (κ2) is 7.45. The lowest BCUT2D eigenvalue weighted by Gasteiger charge is -2.18. The highest BCUT2D eigenvalue weighted by Crippen LogP contribution is 2.27. The van der Waals surface area contributed by atoms with Crippen LogP contribution in [0.4, 0.5) is 0 Å². The summed E-state index contributed by atoms with van der Waals surface area (Å²) in [6.45, 7) is 0.731. The van der Waals surface area contributed by atoms with Gasteiger partial charge in [-0.05, 0) is 25.2 Å². The second-order valence-corrected chi connectivity index (χ2v) is 4.74. The van der Waals surface area contributed by atoms with E-state index in [1.807, 2.05) is 6.07 Å². The van der Waals surface area contributed by atoms with Crippen LogP contribution in [-0.4, -0.2) is 42.9 Å². The third-order valence-electron chi connectivity index (χ3n) is 2.19. The number of aliphatic hydroxyl groups is 1. The van der Waals surface area contributed by atoms with Crippen molar-refractivity contribution in [2.75, 3.05) is 26.7 Å². The summed E-state index contributed by atoms with van der Waals surface area (Å²) >= 11 is 11.7. The Balaban J connectivity index is 2.43. The van der Waals surface area contributed by atoms with Crippen molar-refractivity contribution in [2.45, 2.75) is 6.10 Å². The molecule has 0 fully saturated rings. The number of rotatable bonds is 6. The predicted molar refractivity (Wildman–Crippen MR) is 71.1 cm³/mol. The van der Waals surface area contributed by atoms with Crippen LogP contribution in [0.2, 0.25) is 10.0 Å². The zero-order valence-electron chi connectivity index (χ0n) is 9.94. The van der Waals surface area contributed by atoms with E-state index in [9.17, 15) is 5.11 Å². The van der Waals surface area contributed by atoms with E-state index < -0.39 is 6.10 Å². The van der Waals surface area contributed by atoms with E-state index in [2.05, 4.69) is 0 Å². The minimum Gasteiger partial charge on any atom is -0.489 e. The van der Waals surface area contributed by atoms with Crippen LogP contribution in [0.1, 0.15) is 0 Å². The molecule has 0 aliphatic carbocycles. The summed E-state index contributed by atoms with van der Waals surface area (Å²) in [5.41, 5.74) is 0. The summed E-state index contributed by atoms with van der Waals surface area (Å²) in [7, 11) is 1.75. The minimum atomic E-state index is -0.685. The SMILES string of the molecule is CN(CC#N)CC(O)COc1ccc(Cl)cc1Cl. The van der Waals surface area contributed by atoms with Crippen LogP contribution in [-0.2, 0) is 0 Å². The van der Waals surface area contributed by atoms with Gasteiger partial charge in [0.1, 0.15) is 18.5 Å². The predicted octanol–water partition coefficient (Wildman–Crippen LogP) is 2.19. The summed E-state index contributed by atoms with van der Waals surface area (Å²) in [5, 5.41) is 19.1. The molecule has 1 unspecified atom stereocenters. The Labute approximate surface area is 116 Å². The van der Waals surface area contributed by atoms with Crippen molar-refractivity contribution in [3.8, 4) is 11.8 Å². The Morgan fingerprint density at radius 1 is 1.50 bits per heavy atom. The van der Waals surface area contributed by atoms with Crippen molar-refractivity contribution in [1.29, 1.82) is 5.26 Å². The number of hydrogen-bond donors (Lipinski definition) is 1. The number of ether oxygens (including phenoxy) is 1. The summed E-state index contributed by atoms with van der Waals surface area (Å²) in [4.78, 5) is 1.71. The first-order chi connectivity index (χ1) is 8.52. The van der Waals surface area contributed by atoms with Crippen LogP contribution in [0.25, 0.3) is 0 Å². The van der Waals surface area contributed by atoms with Crippen molar-refractivity contribution in [3.63, 3.8) is 0 Å². The quantitative estimate of drug-likeness (QED) is 0.816. The van der Waals surface area contributed by atoms with Gasteiger partial charge in [-0.1, -0.05) is 23.2 Å². The number of nitriles is 1. The van der Waals surface area contributed by atoms with Crippen LogP contribution >= 0.6 is 23.2 Å². The smallest absolute Gasteiger partial charge is 0.138 e. The topological polar surface area (TPSA) is 56.5 Å². The van der Waals surface area contributed by atoms with E-state index in [0.29, 0.717) is 22.3 Å². The Bertz CT molecular complexity index is 435. The molecule has 0 saturated heterocycles. The molecular formula is C12H14Cl2N2O2. The summed E-state index contributed by atoms with van der Waals surface area (Å²) < 4.78 is 5.38. The molecule has 1 atom stereocenters. The molecular weight excluding hydrogens is 275 g/mol. The van der Waals surface area contributed by atoms with Gasteiger partial charge in [0.25, 0.3) is 0 Å². The molecule has 4 nitrogen and oxygen atoms in total. The molecule has 0 amide bonds. The molecule has 1 N–H and O–H groups in total. The molecule has 0 spiro atoms. The average Bonchev–Trinajstić information content (AvgIpc) is 2.28. The van der Waals surface area contributed by atoms with Crippen molar-refractivity contribution in [3.05, 3.63) is 28.2 Å². The van der Waals surface area contributed by atoms with Gasteiger partial charge in [-0.2, -0.15) is 5.26 Å². The molecule has 0 aliphatic heterocycles. The van der Waals surface area contributed by atoms with Gasteiger partial charge >= 0.3 is 0 Å². The summed E-state index contributed by atoms with van der Waals surface area (Å²) in [6.07, 6.45) is -0.685. The Morgan fingerprint density at radius 2 is 2.22 bits per heavy atom. The number of likely N-dealkylation sites (N-methyl/N-ethyl adjacent to an activating group) is 1. The van der Waals surface area contributed by atoms with Crippen LogP contribution in [0, 0.1) is 11.3 Å². The first-order valence-electron chi connectivity index (χ1n) is 5.34. The molecule has 0 bridgehead atoms. The van der Waals surface area contributed by atoms with Crippen LogP contribution in [0.15, 0.2) is 18.2 Å². The highest BCUT2D eigenvalue weighted by molar-refractivity contribution is 6.35. The van der Waals surface area contributed by atoms with Crippen molar-refractivity contribution in [2.24, 2.45) is 0 Å². The Kier molecular flexibility index (Phi) is 6.23. The van der Waals surface area contributed by atoms with Gasteiger partial charge < -0.3 is 9.84 Å². The lowest BCUT2D eigenvalue weighted by Crippen LogP contribution is -2.33. The highest BCUT2D eigenvalue weighted by Gasteiger charge is 2.10. The van der Waals surface area contributed by atoms with Gasteiger partial charge in [0.15, 0.2) is 0 Å². The van der Waals surface area contributed by atoms with E-state index >= 15 is 0 Å². The maximum atomic E-state index is 9.71. The molecule has 1 aromatic rings. The third-order valence-corrected chi connectivity index (χ3v) is 2.72. The Morgan fingerprint density at radius 3 is 2.83 bits per heavy atom. The van der Waals surface area contributed by atoms with E-state index in [0.717, 1.165) is 0 Å². The summed E-state index contributed by atoms with van der Waals surface area (Å²) in [6, 6.07) is 6.89. The lowest BCUT2D eigenvalue weighted by atomic mass is 10.3. The molecule has 98 valence electrons. The minimum absolute atomic E-state index is 0.108. The van der Waals surface area contributed by atoms with Gasteiger partial charge in [-0.25, -0.2) is 0 Å². The van der Waals surface area contributed by atoms with Gasteiger partial charge in [0.05, 0.1) is 17.6 Å². The van der Waals surface area contributed by atoms with Crippen LogP contribution in [0.3, 0.4) is 0 Å². The van der Waals surface area contributed by atoms with E-state index in [4.69, 9.17) is 33.2 Å². The average molecular weight is 289 g/mol. The highest BCUT2D eigenvalue weighted by atomic mass is 35.5. The molecule has 0 aliphatic rings. The maximum Gasteiger partial charge on any atom is 0.138 e. The largest absolute Gasteiger partial charge is 0.489 e. The fourth-order valence-corrected chi connectivity index (χ4v) is 1.84. The maximum absolute atomic E-state index is 9.71. The van der Waals surface area contributed by atoms with Crippen LogP contribution < -0.4 is 4.74 Å². The Hall–Kier alpha value is -0.990. The van der Waals surface area contributed by atoms with Crippen LogP contribution in [0.5, 0.6) is 5.75 Å². The molecule has 1 aromatic carbocycles. The molecule has 1 rings (SSSR count). The van der Waals surface area contributed by atoms with E-state index in [-0.39, 0.29) is 13.2 Å². The van der Waals surface area contributed by atoms with Crippen molar-refractivity contribution < 1.29 is 9.84 Å². The first kappa shape index (κ1) is 15.1. The molecule has 0 radical (unpaired) electrons. The zero-order chi connectivity index (χ0) is 13.5. The molecule has 0 saturated carbocycles. The standard InChI is InChI=1S/C12H14Cl2N2O2/c1-16(5-4-15)7-10(17)8-18-12-3-2-9(13)6-11(12)14/h2-3,6,10,17H,5,7-8H2,1H3. The molecule has 18 heavy (non-hydrogen) atoms. The molecule has 6 heteroatoms. The third kappa shape index (κ3) is 5.11. The fraction of sp³-hybridized carbons (Fsp3) is 0.417. The molecule has 0 heterocycles. The fourth-order valence-electron chi connectivity index (χ4n) is 1.38. The number of aliphatic hydroxyl groups excluding tert-OH is 1. The van der Waals surface area contributed by atoms with E-state index in [1.54, 1.807) is 30.1 Å².